The third-order valence-corrected chi connectivity index (χ3v) is 4.21. The van der Waals surface area contributed by atoms with Crippen LogP contribution in [0.1, 0.15) is 46.5 Å². The number of hydrogen-bond donors (Lipinski definition) is 1. The van der Waals surface area contributed by atoms with E-state index in [0.29, 0.717) is 6.04 Å². The molecular weight excluding hydrogens is 234 g/mol. The van der Waals surface area contributed by atoms with Crippen LogP contribution in [0.5, 0.6) is 5.75 Å². The summed E-state index contributed by atoms with van der Waals surface area (Å²) < 4.78 is 5.61. The highest BCUT2D eigenvalue weighted by atomic mass is 16.5. The Hall–Kier alpha value is -1.18. The lowest BCUT2D eigenvalue weighted by Crippen LogP contribution is -2.36. The Morgan fingerprint density at radius 3 is 2.32 bits per heavy atom. The SMILES string of the molecule is CCCOc1ccc(NC2C(C)CCCC2C)cc1. The van der Waals surface area contributed by atoms with Gasteiger partial charge in [-0.15, -0.1) is 0 Å². The standard InChI is InChI=1S/C17H27NO/c1-4-12-19-16-10-8-15(9-11-16)18-17-13(2)6-5-7-14(17)3/h8-11,13-14,17-18H,4-7,12H2,1-3H3. The van der Waals surface area contributed by atoms with E-state index in [4.69, 9.17) is 4.74 Å². The van der Waals surface area contributed by atoms with Crippen LogP contribution >= 0.6 is 0 Å². The number of benzene rings is 1. The van der Waals surface area contributed by atoms with E-state index >= 15 is 0 Å². The Morgan fingerprint density at radius 2 is 1.74 bits per heavy atom. The van der Waals surface area contributed by atoms with E-state index in [-0.39, 0.29) is 0 Å². The van der Waals surface area contributed by atoms with E-state index < -0.39 is 0 Å². The van der Waals surface area contributed by atoms with Gasteiger partial charge in [-0.25, -0.2) is 0 Å². The second-order valence-corrected chi connectivity index (χ2v) is 5.93. The van der Waals surface area contributed by atoms with E-state index in [9.17, 15) is 0 Å². The van der Waals surface area contributed by atoms with Crippen LogP contribution in [0.3, 0.4) is 0 Å². The summed E-state index contributed by atoms with van der Waals surface area (Å²) >= 11 is 0. The molecule has 0 amide bonds. The smallest absolute Gasteiger partial charge is 0.119 e. The summed E-state index contributed by atoms with van der Waals surface area (Å²) in [5.74, 6) is 2.50. The van der Waals surface area contributed by atoms with Gasteiger partial charge < -0.3 is 10.1 Å². The average Bonchev–Trinajstić information content (AvgIpc) is 2.42. The van der Waals surface area contributed by atoms with Crippen LogP contribution in [0.25, 0.3) is 0 Å². The van der Waals surface area contributed by atoms with Crippen molar-refractivity contribution in [3.8, 4) is 5.75 Å². The molecule has 1 N–H and O–H groups in total. The van der Waals surface area contributed by atoms with E-state index in [1.165, 1.54) is 24.9 Å². The molecule has 2 rings (SSSR count). The van der Waals surface area contributed by atoms with E-state index in [1.54, 1.807) is 0 Å². The fourth-order valence-corrected chi connectivity index (χ4v) is 3.03. The number of hydrogen-bond acceptors (Lipinski definition) is 2. The van der Waals surface area contributed by atoms with Gasteiger partial charge in [0, 0.05) is 11.7 Å². The zero-order valence-electron chi connectivity index (χ0n) is 12.5. The molecule has 1 aromatic carbocycles. The normalized spacial score (nSPS) is 27.0. The molecule has 2 heteroatoms. The fraction of sp³-hybridized carbons (Fsp3) is 0.647. The molecule has 0 radical (unpaired) electrons. The Morgan fingerprint density at radius 1 is 1.11 bits per heavy atom. The van der Waals surface area contributed by atoms with Gasteiger partial charge in [0.2, 0.25) is 0 Å². The third kappa shape index (κ3) is 3.89. The summed E-state index contributed by atoms with van der Waals surface area (Å²) in [5, 5.41) is 3.71. The van der Waals surface area contributed by atoms with Crippen molar-refractivity contribution in [3.05, 3.63) is 24.3 Å². The Labute approximate surface area is 117 Å². The van der Waals surface area contributed by atoms with Crippen LogP contribution in [0.15, 0.2) is 24.3 Å². The van der Waals surface area contributed by atoms with Crippen molar-refractivity contribution in [2.75, 3.05) is 11.9 Å². The number of anilines is 1. The summed E-state index contributed by atoms with van der Waals surface area (Å²) in [7, 11) is 0. The molecule has 0 aliphatic heterocycles. The predicted molar refractivity (Wildman–Crippen MR) is 81.8 cm³/mol. The van der Waals surface area contributed by atoms with Crippen molar-refractivity contribution in [3.63, 3.8) is 0 Å². The molecule has 1 aliphatic rings. The topological polar surface area (TPSA) is 21.3 Å². The lowest BCUT2D eigenvalue weighted by Gasteiger charge is -2.35. The van der Waals surface area contributed by atoms with Crippen molar-refractivity contribution in [1.82, 2.24) is 0 Å². The molecule has 0 bridgehead atoms. The molecule has 0 saturated heterocycles. The number of rotatable bonds is 5. The molecule has 0 spiro atoms. The molecule has 2 atom stereocenters. The van der Waals surface area contributed by atoms with Crippen molar-refractivity contribution >= 4 is 5.69 Å². The first-order valence-corrected chi connectivity index (χ1v) is 7.70. The van der Waals surface area contributed by atoms with Gasteiger partial charge in [0.05, 0.1) is 6.61 Å². The molecule has 0 aromatic heterocycles. The molecular formula is C17H27NO. The highest BCUT2D eigenvalue weighted by Gasteiger charge is 2.27. The average molecular weight is 261 g/mol. The van der Waals surface area contributed by atoms with Crippen LogP contribution < -0.4 is 10.1 Å². The molecule has 2 unspecified atom stereocenters. The molecule has 1 fully saturated rings. The molecule has 106 valence electrons. The molecule has 0 heterocycles. The van der Waals surface area contributed by atoms with Gasteiger partial charge in [0.25, 0.3) is 0 Å². The van der Waals surface area contributed by atoms with E-state index in [1.807, 2.05) is 0 Å². The number of nitrogens with one attached hydrogen (secondary N) is 1. The fourth-order valence-electron chi connectivity index (χ4n) is 3.03. The van der Waals surface area contributed by atoms with Crippen molar-refractivity contribution in [2.45, 2.75) is 52.5 Å². The van der Waals surface area contributed by atoms with Gasteiger partial charge in [0.1, 0.15) is 5.75 Å². The lowest BCUT2D eigenvalue weighted by atomic mass is 9.78. The Bertz CT molecular complexity index is 363. The van der Waals surface area contributed by atoms with Crippen LogP contribution in [0.2, 0.25) is 0 Å². The molecule has 1 aromatic rings. The van der Waals surface area contributed by atoms with Gasteiger partial charge >= 0.3 is 0 Å². The molecule has 1 aliphatic carbocycles. The van der Waals surface area contributed by atoms with E-state index in [0.717, 1.165) is 30.6 Å². The van der Waals surface area contributed by atoms with Crippen LogP contribution in [0, 0.1) is 11.8 Å². The minimum absolute atomic E-state index is 0.608. The Kier molecular flexibility index (Phi) is 5.12. The largest absolute Gasteiger partial charge is 0.494 e. The van der Waals surface area contributed by atoms with E-state index in [2.05, 4.69) is 50.4 Å². The van der Waals surface area contributed by atoms with Crippen LogP contribution in [0.4, 0.5) is 5.69 Å². The van der Waals surface area contributed by atoms with Crippen LogP contribution in [-0.2, 0) is 0 Å². The van der Waals surface area contributed by atoms with Gasteiger partial charge in [-0.3, -0.25) is 0 Å². The highest BCUT2D eigenvalue weighted by Crippen LogP contribution is 2.31. The first-order chi connectivity index (χ1) is 9.20. The third-order valence-electron chi connectivity index (χ3n) is 4.21. The van der Waals surface area contributed by atoms with Crippen molar-refractivity contribution in [2.24, 2.45) is 11.8 Å². The van der Waals surface area contributed by atoms with Gasteiger partial charge in [-0.2, -0.15) is 0 Å². The monoisotopic (exact) mass is 261 g/mol. The van der Waals surface area contributed by atoms with Crippen molar-refractivity contribution in [1.29, 1.82) is 0 Å². The van der Waals surface area contributed by atoms with Gasteiger partial charge in [0.15, 0.2) is 0 Å². The summed E-state index contributed by atoms with van der Waals surface area (Å²) in [6.45, 7) is 7.66. The maximum absolute atomic E-state index is 5.61. The van der Waals surface area contributed by atoms with Crippen LogP contribution in [-0.4, -0.2) is 12.6 Å². The summed E-state index contributed by atoms with van der Waals surface area (Å²) in [5.41, 5.74) is 1.22. The number of ether oxygens (including phenoxy) is 1. The maximum Gasteiger partial charge on any atom is 0.119 e. The maximum atomic E-state index is 5.61. The minimum atomic E-state index is 0.608. The summed E-state index contributed by atoms with van der Waals surface area (Å²) in [6, 6.07) is 9.01. The quantitative estimate of drug-likeness (QED) is 0.828. The van der Waals surface area contributed by atoms with Crippen molar-refractivity contribution < 1.29 is 4.74 Å². The lowest BCUT2D eigenvalue weighted by molar-refractivity contribution is 0.268. The molecule has 1 saturated carbocycles. The minimum Gasteiger partial charge on any atom is -0.494 e. The summed E-state index contributed by atoms with van der Waals surface area (Å²) in [6.07, 6.45) is 5.13. The van der Waals surface area contributed by atoms with Gasteiger partial charge in [-0.1, -0.05) is 27.2 Å². The Balaban J connectivity index is 1.94. The zero-order valence-corrected chi connectivity index (χ0v) is 12.5. The second-order valence-electron chi connectivity index (χ2n) is 5.93. The summed E-state index contributed by atoms with van der Waals surface area (Å²) in [4.78, 5) is 0. The second kappa shape index (κ2) is 6.83. The zero-order chi connectivity index (χ0) is 13.7. The molecule has 19 heavy (non-hydrogen) atoms. The molecule has 2 nitrogen and oxygen atoms in total. The predicted octanol–water partition coefficient (Wildman–Crippen LogP) is 4.71. The highest BCUT2D eigenvalue weighted by molar-refractivity contribution is 5.47. The van der Waals surface area contributed by atoms with Gasteiger partial charge in [-0.05, 0) is 55.4 Å². The first kappa shape index (κ1) is 14.2. The first-order valence-electron chi connectivity index (χ1n) is 7.70.